The summed E-state index contributed by atoms with van der Waals surface area (Å²) in [5, 5.41) is 0. The standard InChI is InChI=1S/C15H20O4/c1-11(16)15(6-8-19-9-7-15)12-4-5-13(17-2)14(10-12)18-3/h4-5,10H,6-9H2,1-3H3. The number of carbonyl (C=O) groups excluding carboxylic acids is 1. The van der Waals surface area contributed by atoms with Gasteiger partial charge in [0.2, 0.25) is 0 Å². The first-order chi connectivity index (χ1) is 9.14. The third-order valence-corrected chi connectivity index (χ3v) is 3.96. The van der Waals surface area contributed by atoms with Gasteiger partial charge in [-0.3, -0.25) is 4.79 Å². The predicted octanol–water partition coefficient (Wildman–Crippen LogP) is 2.34. The lowest BCUT2D eigenvalue weighted by atomic mass is 9.71. The molecular weight excluding hydrogens is 244 g/mol. The van der Waals surface area contributed by atoms with E-state index in [4.69, 9.17) is 14.2 Å². The van der Waals surface area contributed by atoms with Crippen LogP contribution in [0.25, 0.3) is 0 Å². The zero-order valence-corrected chi connectivity index (χ0v) is 11.7. The van der Waals surface area contributed by atoms with Crippen LogP contribution in [0.15, 0.2) is 18.2 Å². The van der Waals surface area contributed by atoms with Crippen LogP contribution in [0, 0.1) is 0 Å². The first-order valence-electron chi connectivity index (χ1n) is 6.45. The third-order valence-electron chi connectivity index (χ3n) is 3.96. The highest BCUT2D eigenvalue weighted by Gasteiger charge is 2.39. The first-order valence-corrected chi connectivity index (χ1v) is 6.45. The van der Waals surface area contributed by atoms with E-state index in [1.807, 2.05) is 18.2 Å². The Morgan fingerprint density at radius 3 is 2.32 bits per heavy atom. The number of methoxy groups -OCH3 is 2. The molecule has 4 nitrogen and oxygen atoms in total. The highest BCUT2D eigenvalue weighted by molar-refractivity contribution is 5.88. The number of rotatable bonds is 4. The van der Waals surface area contributed by atoms with Gasteiger partial charge in [0, 0.05) is 13.2 Å². The van der Waals surface area contributed by atoms with E-state index in [2.05, 4.69) is 0 Å². The van der Waals surface area contributed by atoms with Gasteiger partial charge in [0.25, 0.3) is 0 Å². The summed E-state index contributed by atoms with van der Waals surface area (Å²) in [7, 11) is 3.21. The van der Waals surface area contributed by atoms with E-state index in [9.17, 15) is 4.79 Å². The molecule has 4 heteroatoms. The largest absolute Gasteiger partial charge is 0.493 e. The monoisotopic (exact) mass is 264 g/mol. The molecular formula is C15H20O4. The quantitative estimate of drug-likeness (QED) is 0.837. The van der Waals surface area contributed by atoms with Crippen molar-refractivity contribution in [2.24, 2.45) is 0 Å². The second-order valence-electron chi connectivity index (χ2n) is 4.82. The van der Waals surface area contributed by atoms with Crippen LogP contribution in [-0.4, -0.2) is 33.2 Å². The zero-order chi connectivity index (χ0) is 13.9. The summed E-state index contributed by atoms with van der Waals surface area (Å²) in [5.41, 5.74) is 0.540. The van der Waals surface area contributed by atoms with Gasteiger partial charge in [-0.1, -0.05) is 6.07 Å². The van der Waals surface area contributed by atoms with Crippen molar-refractivity contribution in [3.63, 3.8) is 0 Å². The van der Waals surface area contributed by atoms with Gasteiger partial charge >= 0.3 is 0 Å². The molecule has 0 bridgehead atoms. The molecule has 0 saturated carbocycles. The van der Waals surface area contributed by atoms with Gasteiger partial charge in [-0.15, -0.1) is 0 Å². The van der Waals surface area contributed by atoms with Gasteiger partial charge in [0.15, 0.2) is 11.5 Å². The number of carbonyl (C=O) groups is 1. The van der Waals surface area contributed by atoms with Crippen molar-refractivity contribution in [2.45, 2.75) is 25.2 Å². The topological polar surface area (TPSA) is 44.8 Å². The van der Waals surface area contributed by atoms with Crippen LogP contribution in [0.3, 0.4) is 0 Å². The van der Waals surface area contributed by atoms with Crippen molar-refractivity contribution in [2.75, 3.05) is 27.4 Å². The van der Waals surface area contributed by atoms with E-state index in [-0.39, 0.29) is 5.78 Å². The average molecular weight is 264 g/mol. The van der Waals surface area contributed by atoms with E-state index in [1.165, 1.54) is 0 Å². The molecule has 0 atom stereocenters. The van der Waals surface area contributed by atoms with E-state index in [1.54, 1.807) is 21.1 Å². The first kappa shape index (κ1) is 13.9. The Bertz CT molecular complexity index is 461. The Hall–Kier alpha value is -1.55. The molecule has 1 fully saturated rings. The lowest BCUT2D eigenvalue weighted by Crippen LogP contribution is -2.40. The van der Waals surface area contributed by atoms with Crippen molar-refractivity contribution < 1.29 is 19.0 Å². The Morgan fingerprint density at radius 1 is 1.16 bits per heavy atom. The van der Waals surface area contributed by atoms with Crippen LogP contribution in [-0.2, 0) is 14.9 Å². The maximum Gasteiger partial charge on any atom is 0.161 e. The van der Waals surface area contributed by atoms with Gasteiger partial charge in [0.1, 0.15) is 5.78 Å². The predicted molar refractivity (Wildman–Crippen MR) is 72.0 cm³/mol. The van der Waals surface area contributed by atoms with Crippen molar-refractivity contribution in [3.8, 4) is 11.5 Å². The van der Waals surface area contributed by atoms with Crippen LogP contribution >= 0.6 is 0 Å². The summed E-state index contributed by atoms with van der Waals surface area (Å²) in [6, 6.07) is 5.72. The molecule has 0 amide bonds. The van der Waals surface area contributed by atoms with Gasteiger partial charge < -0.3 is 14.2 Å². The van der Waals surface area contributed by atoms with Crippen molar-refractivity contribution >= 4 is 5.78 Å². The molecule has 1 aliphatic heterocycles. The lowest BCUT2D eigenvalue weighted by molar-refractivity contribution is -0.126. The molecule has 104 valence electrons. The maximum atomic E-state index is 12.1. The summed E-state index contributed by atoms with van der Waals surface area (Å²) in [5.74, 6) is 1.52. The van der Waals surface area contributed by atoms with Crippen LogP contribution < -0.4 is 9.47 Å². The van der Waals surface area contributed by atoms with E-state index in [0.717, 1.165) is 18.4 Å². The second kappa shape index (κ2) is 5.61. The molecule has 0 spiro atoms. The van der Waals surface area contributed by atoms with Crippen LogP contribution in [0.5, 0.6) is 11.5 Å². The van der Waals surface area contributed by atoms with Crippen LogP contribution in [0.2, 0.25) is 0 Å². The molecule has 0 aromatic heterocycles. The highest BCUT2D eigenvalue weighted by Crippen LogP contribution is 2.39. The fourth-order valence-electron chi connectivity index (χ4n) is 2.70. The lowest BCUT2D eigenvalue weighted by Gasteiger charge is -2.35. The summed E-state index contributed by atoms with van der Waals surface area (Å²) < 4.78 is 16.0. The van der Waals surface area contributed by atoms with Gasteiger partial charge in [-0.25, -0.2) is 0 Å². The van der Waals surface area contributed by atoms with Gasteiger partial charge in [-0.05, 0) is 37.5 Å². The molecule has 1 heterocycles. The molecule has 1 aromatic carbocycles. The highest BCUT2D eigenvalue weighted by atomic mass is 16.5. The molecule has 1 aromatic rings. The molecule has 0 N–H and O–H groups in total. The number of Topliss-reactive ketones (excluding diaryl/α,β-unsaturated/α-hetero) is 1. The van der Waals surface area contributed by atoms with E-state index < -0.39 is 5.41 Å². The Balaban J connectivity index is 2.45. The van der Waals surface area contributed by atoms with Crippen molar-refractivity contribution in [3.05, 3.63) is 23.8 Å². The summed E-state index contributed by atoms with van der Waals surface area (Å²) in [6.07, 6.45) is 1.44. The summed E-state index contributed by atoms with van der Waals surface area (Å²) in [6.45, 7) is 2.89. The van der Waals surface area contributed by atoms with E-state index >= 15 is 0 Å². The number of benzene rings is 1. The Labute approximate surface area is 113 Å². The summed E-state index contributed by atoms with van der Waals surface area (Å²) >= 11 is 0. The van der Waals surface area contributed by atoms with Crippen LogP contribution in [0.4, 0.5) is 0 Å². The third kappa shape index (κ3) is 2.45. The fraction of sp³-hybridized carbons (Fsp3) is 0.533. The average Bonchev–Trinajstić information content (AvgIpc) is 2.47. The SMILES string of the molecule is COc1ccc(C2(C(C)=O)CCOCC2)cc1OC. The van der Waals surface area contributed by atoms with Crippen molar-refractivity contribution in [1.29, 1.82) is 0 Å². The van der Waals surface area contributed by atoms with Crippen LogP contribution in [0.1, 0.15) is 25.3 Å². The second-order valence-corrected chi connectivity index (χ2v) is 4.82. The minimum absolute atomic E-state index is 0.183. The number of hydrogen-bond acceptors (Lipinski definition) is 4. The fourth-order valence-corrected chi connectivity index (χ4v) is 2.70. The summed E-state index contributed by atoms with van der Waals surface area (Å²) in [4.78, 5) is 12.1. The maximum absolute atomic E-state index is 12.1. The molecule has 1 saturated heterocycles. The number of ether oxygens (including phenoxy) is 3. The molecule has 0 aliphatic carbocycles. The smallest absolute Gasteiger partial charge is 0.161 e. The minimum atomic E-state index is -0.447. The van der Waals surface area contributed by atoms with Gasteiger partial charge in [-0.2, -0.15) is 0 Å². The van der Waals surface area contributed by atoms with E-state index in [0.29, 0.717) is 24.7 Å². The molecule has 0 radical (unpaired) electrons. The minimum Gasteiger partial charge on any atom is -0.493 e. The Kier molecular flexibility index (Phi) is 4.10. The van der Waals surface area contributed by atoms with Crippen molar-refractivity contribution in [1.82, 2.24) is 0 Å². The normalized spacial score (nSPS) is 17.8. The zero-order valence-electron chi connectivity index (χ0n) is 11.7. The van der Waals surface area contributed by atoms with Gasteiger partial charge in [0.05, 0.1) is 19.6 Å². The Morgan fingerprint density at radius 2 is 1.79 bits per heavy atom. The number of hydrogen-bond donors (Lipinski definition) is 0. The molecule has 0 unspecified atom stereocenters. The number of ketones is 1. The molecule has 2 rings (SSSR count). The molecule has 19 heavy (non-hydrogen) atoms. The molecule has 1 aliphatic rings.